The molecule has 1 amide bonds. The molecule has 1 aromatic heterocycles. The van der Waals surface area contributed by atoms with Crippen LogP contribution in [0.4, 0.5) is 14.5 Å². The third-order valence-corrected chi connectivity index (χ3v) is 3.74. The monoisotopic (exact) mass is 291 g/mol. The number of anilines is 1. The van der Waals surface area contributed by atoms with Gasteiger partial charge in [-0.2, -0.15) is 0 Å². The van der Waals surface area contributed by atoms with Gasteiger partial charge in [0.1, 0.15) is 23.1 Å². The number of H-pyrrole nitrogens is 1. The summed E-state index contributed by atoms with van der Waals surface area (Å²) >= 11 is 0. The summed E-state index contributed by atoms with van der Waals surface area (Å²) < 4.78 is 27.1. The third-order valence-electron chi connectivity index (χ3n) is 3.74. The van der Waals surface area contributed by atoms with Crippen molar-refractivity contribution >= 4 is 11.6 Å². The molecule has 0 saturated heterocycles. The van der Waals surface area contributed by atoms with Crippen LogP contribution >= 0.6 is 0 Å². The first-order valence-electron chi connectivity index (χ1n) is 6.84. The van der Waals surface area contributed by atoms with E-state index < -0.39 is 11.6 Å². The van der Waals surface area contributed by atoms with Crippen molar-refractivity contribution in [1.29, 1.82) is 0 Å². The van der Waals surface area contributed by atoms with E-state index in [1.165, 1.54) is 6.07 Å². The maximum absolute atomic E-state index is 13.5. The highest BCUT2D eigenvalue weighted by Crippen LogP contribution is 2.26. The van der Waals surface area contributed by atoms with Crippen molar-refractivity contribution in [2.75, 3.05) is 5.32 Å². The number of nitrogens with zero attached hydrogens (tertiary/aromatic N) is 1. The fourth-order valence-corrected chi connectivity index (χ4v) is 2.69. The number of hydrogen-bond donors (Lipinski definition) is 2. The first-order chi connectivity index (χ1) is 10.0. The molecule has 0 spiro atoms. The lowest BCUT2D eigenvalue weighted by Crippen LogP contribution is -2.29. The first-order valence-corrected chi connectivity index (χ1v) is 6.84. The Kier molecular flexibility index (Phi) is 3.45. The van der Waals surface area contributed by atoms with E-state index in [4.69, 9.17) is 0 Å². The Morgan fingerprint density at radius 1 is 1.38 bits per heavy atom. The minimum Gasteiger partial charge on any atom is -0.346 e. The zero-order valence-electron chi connectivity index (χ0n) is 11.5. The van der Waals surface area contributed by atoms with Gasteiger partial charge in [-0.25, -0.2) is 13.8 Å². The number of nitrogens with one attached hydrogen (secondary N) is 2. The van der Waals surface area contributed by atoms with Gasteiger partial charge in [-0.15, -0.1) is 0 Å². The summed E-state index contributed by atoms with van der Waals surface area (Å²) in [7, 11) is 0. The minimum atomic E-state index is -0.766. The van der Waals surface area contributed by atoms with Crippen LogP contribution in [0, 0.1) is 24.5 Å². The molecule has 1 atom stereocenters. The molecule has 21 heavy (non-hydrogen) atoms. The lowest BCUT2D eigenvalue weighted by Gasteiger charge is -2.20. The van der Waals surface area contributed by atoms with Gasteiger partial charge in [0.05, 0.1) is 5.69 Å². The summed E-state index contributed by atoms with van der Waals surface area (Å²) in [6.07, 6.45) is 1.83. The predicted octanol–water partition coefficient (Wildman–Crippen LogP) is 2.74. The number of aromatic amines is 1. The van der Waals surface area contributed by atoms with Crippen LogP contribution in [0.5, 0.6) is 0 Å². The Morgan fingerprint density at radius 3 is 2.81 bits per heavy atom. The quantitative estimate of drug-likeness (QED) is 0.894. The molecule has 2 N–H and O–H groups in total. The highest BCUT2D eigenvalue weighted by Gasteiger charge is 2.27. The number of rotatable bonds is 2. The Morgan fingerprint density at radius 2 is 2.10 bits per heavy atom. The summed E-state index contributed by atoms with van der Waals surface area (Å²) in [5.41, 5.74) is 1.54. The van der Waals surface area contributed by atoms with Crippen LogP contribution in [0.1, 0.15) is 23.6 Å². The molecule has 1 heterocycles. The molecule has 1 unspecified atom stereocenters. The summed E-state index contributed by atoms with van der Waals surface area (Å²) in [5.74, 6) is -1.39. The molecule has 0 fully saturated rings. The normalized spacial score (nSPS) is 17.4. The van der Waals surface area contributed by atoms with Gasteiger partial charge in [0.2, 0.25) is 5.91 Å². The number of benzene rings is 1. The molecule has 3 rings (SSSR count). The zero-order valence-corrected chi connectivity index (χ0v) is 11.5. The van der Waals surface area contributed by atoms with E-state index in [-0.39, 0.29) is 17.5 Å². The van der Waals surface area contributed by atoms with Crippen LogP contribution in [0.3, 0.4) is 0 Å². The van der Waals surface area contributed by atoms with E-state index in [0.29, 0.717) is 19.3 Å². The number of carbonyl (C=O) groups excluding carboxylic acids is 1. The maximum atomic E-state index is 13.5. The van der Waals surface area contributed by atoms with Gasteiger partial charge in [-0.1, -0.05) is 6.07 Å². The number of halogens is 2. The second-order valence-corrected chi connectivity index (χ2v) is 5.27. The van der Waals surface area contributed by atoms with Crippen LogP contribution in [0.2, 0.25) is 0 Å². The maximum Gasteiger partial charge on any atom is 0.228 e. The molecule has 110 valence electrons. The van der Waals surface area contributed by atoms with Crippen molar-refractivity contribution in [3.63, 3.8) is 0 Å². The molecule has 0 saturated carbocycles. The van der Waals surface area contributed by atoms with Crippen LogP contribution in [-0.2, 0) is 17.6 Å². The number of para-hydroxylation sites is 1. The van der Waals surface area contributed by atoms with Crippen LogP contribution in [-0.4, -0.2) is 15.9 Å². The molecule has 1 aliphatic carbocycles. The van der Waals surface area contributed by atoms with Gasteiger partial charge in [0.15, 0.2) is 0 Å². The lowest BCUT2D eigenvalue weighted by molar-refractivity contribution is -0.120. The van der Waals surface area contributed by atoms with Gasteiger partial charge >= 0.3 is 0 Å². The largest absolute Gasteiger partial charge is 0.346 e. The van der Waals surface area contributed by atoms with Gasteiger partial charge in [-0.3, -0.25) is 4.79 Å². The SMILES string of the molecule is Cc1nc2c([nH]1)CC(C(=O)Nc1c(F)cccc1F)CC2. The Bertz CT molecular complexity index is 676. The minimum absolute atomic E-state index is 0.309. The summed E-state index contributed by atoms with van der Waals surface area (Å²) in [4.78, 5) is 19.7. The summed E-state index contributed by atoms with van der Waals surface area (Å²) in [6, 6.07) is 3.51. The first kappa shape index (κ1) is 13.7. The summed E-state index contributed by atoms with van der Waals surface area (Å²) in [6.45, 7) is 1.86. The van der Waals surface area contributed by atoms with Crippen LogP contribution in [0.15, 0.2) is 18.2 Å². The Balaban J connectivity index is 1.75. The van der Waals surface area contributed by atoms with E-state index in [1.807, 2.05) is 6.92 Å². The second kappa shape index (κ2) is 5.27. The number of carbonyl (C=O) groups is 1. The van der Waals surface area contributed by atoms with Crippen molar-refractivity contribution in [3.05, 3.63) is 47.0 Å². The molecule has 0 radical (unpaired) electrons. The topological polar surface area (TPSA) is 57.8 Å². The van der Waals surface area contributed by atoms with E-state index >= 15 is 0 Å². The van der Waals surface area contributed by atoms with E-state index in [2.05, 4.69) is 15.3 Å². The molecule has 6 heteroatoms. The molecule has 2 aromatic rings. The number of aryl methyl sites for hydroxylation is 2. The van der Waals surface area contributed by atoms with Crippen molar-refractivity contribution in [2.24, 2.45) is 5.92 Å². The molecular formula is C15H15F2N3O. The van der Waals surface area contributed by atoms with Gasteiger partial charge in [0.25, 0.3) is 0 Å². The van der Waals surface area contributed by atoms with E-state index in [0.717, 1.165) is 29.3 Å². The Hall–Kier alpha value is -2.24. The van der Waals surface area contributed by atoms with Crippen molar-refractivity contribution in [3.8, 4) is 0 Å². The zero-order chi connectivity index (χ0) is 15.0. The molecular weight excluding hydrogens is 276 g/mol. The van der Waals surface area contributed by atoms with Crippen molar-refractivity contribution in [1.82, 2.24) is 9.97 Å². The fraction of sp³-hybridized carbons (Fsp3) is 0.333. The van der Waals surface area contributed by atoms with E-state index in [1.54, 1.807) is 0 Å². The van der Waals surface area contributed by atoms with E-state index in [9.17, 15) is 13.6 Å². The van der Waals surface area contributed by atoms with Crippen molar-refractivity contribution in [2.45, 2.75) is 26.2 Å². The van der Waals surface area contributed by atoms with Gasteiger partial charge < -0.3 is 10.3 Å². The van der Waals surface area contributed by atoms with Gasteiger partial charge in [-0.05, 0) is 31.9 Å². The van der Waals surface area contributed by atoms with Crippen LogP contribution in [0.25, 0.3) is 0 Å². The van der Waals surface area contributed by atoms with Crippen molar-refractivity contribution < 1.29 is 13.6 Å². The average molecular weight is 291 g/mol. The lowest BCUT2D eigenvalue weighted by atomic mass is 9.89. The number of aromatic nitrogens is 2. The molecule has 1 aromatic carbocycles. The second-order valence-electron chi connectivity index (χ2n) is 5.27. The number of fused-ring (bicyclic) bond motifs is 1. The standard InChI is InChI=1S/C15H15F2N3O/c1-8-18-12-6-5-9(7-13(12)19-8)15(21)20-14-10(16)3-2-4-11(14)17/h2-4,9H,5-7H2,1H3,(H,18,19)(H,20,21). The molecule has 1 aliphatic rings. The number of amides is 1. The smallest absolute Gasteiger partial charge is 0.228 e. The Labute approximate surface area is 120 Å². The number of imidazole rings is 1. The molecule has 0 bridgehead atoms. The molecule has 4 nitrogen and oxygen atoms in total. The van der Waals surface area contributed by atoms with Crippen LogP contribution < -0.4 is 5.32 Å². The average Bonchev–Trinajstić information content (AvgIpc) is 2.81. The highest BCUT2D eigenvalue weighted by molar-refractivity contribution is 5.93. The molecule has 0 aliphatic heterocycles. The highest BCUT2D eigenvalue weighted by atomic mass is 19.1. The van der Waals surface area contributed by atoms with Gasteiger partial charge in [0, 0.05) is 18.0 Å². The number of hydrogen-bond acceptors (Lipinski definition) is 2. The predicted molar refractivity (Wildman–Crippen MR) is 73.8 cm³/mol. The third kappa shape index (κ3) is 2.66. The summed E-state index contributed by atoms with van der Waals surface area (Å²) in [5, 5.41) is 2.36. The fourth-order valence-electron chi connectivity index (χ4n) is 2.69.